The lowest BCUT2D eigenvalue weighted by atomic mass is 10.0. The average molecular weight is 233 g/mol. The van der Waals surface area contributed by atoms with Crippen LogP contribution in [0.5, 0.6) is 5.75 Å². The molecule has 0 aliphatic heterocycles. The topological polar surface area (TPSA) is 34.4 Å². The van der Waals surface area contributed by atoms with Crippen molar-refractivity contribution in [3.63, 3.8) is 0 Å². The number of methoxy groups -OCH3 is 1. The lowest BCUT2D eigenvalue weighted by Gasteiger charge is -2.17. The van der Waals surface area contributed by atoms with Crippen molar-refractivity contribution in [3.8, 4) is 5.75 Å². The molecule has 0 saturated heterocycles. The Balaban J connectivity index is 2.49. The normalized spacial score (nSPS) is 12.1. The minimum absolute atomic E-state index is 0.639. The van der Waals surface area contributed by atoms with Crippen LogP contribution in [0.1, 0.15) is 19.5 Å². The maximum atomic E-state index is 9.88. The molecule has 0 fully saturated rings. The van der Waals surface area contributed by atoms with Gasteiger partial charge in [-0.05, 0) is 32.0 Å². The van der Waals surface area contributed by atoms with Crippen LogP contribution in [0.4, 0.5) is 0 Å². The molecule has 17 heavy (non-hydrogen) atoms. The van der Waals surface area contributed by atoms with E-state index in [1.807, 2.05) is 39.1 Å². The third-order valence-electron chi connectivity index (χ3n) is 2.97. The minimum atomic E-state index is -0.688. The fraction of sp³-hybridized carbons (Fsp3) is 0.429. The number of hydrogen-bond acceptors (Lipinski definition) is 2. The number of nitrogens with zero attached hydrogens (tertiary/aromatic N) is 1. The Morgan fingerprint density at radius 2 is 2.00 bits per heavy atom. The molecule has 1 heterocycles. The molecule has 0 aliphatic carbocycles. The van der Waals surface area contributed by atoms with Crippen molar-refractivity contribution in [2.24, 2.45) is 7.05 Å². The Bertz CT molecular complexity index is 535. The highest BCUT2D eigenvalue weighted by atomic mass is 16.5. The number of aliphatic hydroxyl groups is 1. The van der Waals surface area contributed by atoms with E-state index in [1.54, 1.807) is 7.11 Å². The second kappa shape index (κ2) is 4.08. The van der Waals surface area contributed by atoms with Crippen molar-refractivity contribution in [2.45, 2.75) is 25.9 Å². The highest BCUT2D eigenvalue weighted by Gasteiger charge is 2.17. The Labute approximate surface area is 102 Å². The summed E-state index contributed by atoms with van der Waals surface area (Å²) < 4.78 is 7.33. The molecule has 92 valence electrons. The number of aryl methyl sites for hydroxylation is 1. The molecule has 0 unspecified atom stereocenters. The van der Waals surface area contributed by atoms with E-state index in [-0.39, 0.29) is 0 Å². The standard InChI is InChI=1S/C14H19NO2/c1-14(2,16)9-11-7-10-5-6-12(17-4)8-13(10)15(11)3/h5-8,16H,9H2,1-4H3. The van der Waals surface area contributed by atoms with Crippen molar-refractivity contribution in [2.75, 3.05) is 7.11 Å². The second-order valence-corrected chi connectivity index (χ2v) is 5.11. The maximum absolute atomic E-state index is 9.88. The number of fused-ring (bicyclic) bond motifs is 1. The molecule has 2 rings (SSSR count). The third-order valence-corrected chi connectivity index (χ3v) is 2.97. The van der Waals surface area contributed by atoms with Crippen LogP contribution in [0.25, 0.3) is 10.9 Å². The van der Waals surface area contributed by atoms with Crippen molar-refractivity contribution in [3.05, 3.63) is 30.0 Å². The fourth-order valence-corrected chi connectivity index (χ4v) is 2.11. The van der Waals surface area contributed by atoms with Gasteiger partial charge in [0.25, 0.3) is 0 Å². The van der Waals surface area contributed by atoms with E-state index in [0.29, 0.717) is 6.42 Å². The number of ether oxygens (including phenoxy) is 1. The Kier molecular flexibility index (Phi) is 2.87. The zero-order valence-electron chi connectivity index (χ0n) is 10.8. The quantitative estimate of drug-likeness (QED) is 0.884. The Morgan fingerprint density at radius 1 is 1.29 bits per heavy atom. The summed E-state index contributed by atoms with van der Waals surface area (Å²) in [5.41, 5.74) is 1.57. The highest BCUT2D eigenvalue weighted by Crippen LogP contribution is 2.25. The number of aromatic nitrogens is 1. The van der Waals surface area contributed by atoms with Crippen LogP contribution < -0.4 is 4.74 Å². The highest BCUT2D eigenvalue weighted by molar-refractivity contribution is 5.82. The summed E-state index contributed by atoms with van der Waals surface area (Å²) in [6.07, 6.45) is 0.639. The monoisotopic (exact) mass is 233 g/mol. The van der Waals surface area contributed by atoms with Gasteiger partial charge in [-0.1, -0.05) is 0 Å². The first-order chi connectivity index (χ1) is 7.90. The van der Waals surface area contributed by atoms with Crippen LogP contribution in [0.2, 0.25) is 0 Å². The largest absolute Gasteiger partial charge is 0.497 e. The van der Waals surface area contributed by atoms with Crippen molar-refractivity contribution >= 4 is 10.9 Å². The smallest absolute Gasteiger partial charge is 0.120 e. The van der Waals surface area contributed by atoms with Gasteiger partial charge in [-0.25, -0.2) is 0 Å². The van der Waals surface area contributed by atoms with E-state index in [1.165, 1.54) is 5.39 Å². The number of hydrogen-bond donors (Lipinski definition) is 1. The van der Waals surface area contributed by atoms with E-state index in [0.717, 1.165) is 17.0 Å². The van der Waals surface area contributed by atoms with Crippen molar-refractivity contribution in [1.82, 2.24) is 4.57 Å². The van der Waals surface area contributed by atoms with E-state index in [2.05, 4.69) is 10.6 Å². The molecule has 0 amide bonds. The van der Waals surface area contributed by atoms with Crippen molar-refractivity contribution < 1.29 is 9.84 Å². The van der Waals surface area contributed by atoms with Gasteiger partial charge in [-0.15, -0.1) is 0 Å². The maximum Gasteiger partial charge on any atom is 0.120 e. The average Bonchev–Trinajstić information content (AvgIpc) is 2.53. The molecule has 0 radical (unpaired) electrons. The molecular formula is C14H19NO2. The molecule has 0 spiro atoms. The van der Waals surface area contributed by atoms with Gasteiger partial charge in [-0.3, -0.25) is 0 Å². The number of benzene rings is 1. The first-order valence-electron chi connectivity index (χ1n) is 5.75. The molecule has 0 bridgehead atoms. The van der Waals surface area contributed by atoms with Gasteiger partial charge in [0.15, 0.2) is 0 Å². The Morgan fingerprint density at radius 3 is 2.59 bits per heavy atom. The molecule has 3 heteroatoms. The van der Waals surface area contributed by atoms with Gasteiger partial charge in [0, 0.05) is 30.6 Å². The van der Waals surface area contributed by atoms with Gasteiger partial charge in [0.1, 0.15) is 5.75 Å². The molecule has 0 atom stereocenters. The van der Waals surface area contributed by atoms with Crippen LogP contribution in [-0.4, -0.2) is 22.4 Å². The number of rotatable bonds is 3. The third kappa shape index (κ3) is 2.44. The van der Waals surface area contributed by atoms with Crippen LogP contribution in [0.3, 0.4) is 0 Å². The predicted molar refractivity (Wildman–Crippen MR) is 69.5 cm³/mol. The summed E-state index contributed by atoms with van der Waals surface area (Å²) in [7, 11) is 3.69. The van der Waals surface area contributed by atoms with Crippen molar-refractivity contribution in [1.29, 1.82) is 0 Å². The minimum Gasteiger partial charge on any atom is -0.497 e. The fourth-order valence-electron chi connectivity index (χ4n) is 2.11. The molecule has 1 aromatic carbocycles. The van der Waals surface area contributed by atoms with Gasteiger partial charge in [0.2, 0.25) is 0 Å². The molecular weight excluding hydrogens is 214 g/mol. The summed E-state index contributed by atoms with van der Waals surface area (Å²) in [4.78, 5) is 0. The Hall–Kier alpha value is -1.48. The summed E-state index contributed by atoms with van der Waals surface area (Å²) in [5.74, 6) is 0.855. The van der Waals surface area contributed by atoms with Crippen LogP contribution >= 0.6 is 0 Å². The van der Waals surface area contributed by atoms with Crippen LogP contribution in [-0.2, 0) is 13.5 Å². The lowest BCUT2D eigenvalue weighted by Crippen LogP contribution is -2.23. The van der Waals surface area contributed by atoms with E-state index >= 15 is 0 Å². The zero-order valence-corrected chi connectivity index (χ0v) is 10.8. The van der Waals surface area contributed by atoms with Gasteiger partial charge in [-0.2, -0.15) is 0 Å². The SMILES string of the molecule is COc1ccc2cc(CC(C)(C)O)n(C)c2c1. The zero-order chi connectivity index (χ0) is 12.6. The molecule has 1 aromatic heterocycles. The van der Waals surface area contributed by atoms with Gasteiger partial charge < -0.3 is 14.4 Å². The molecule has 0 aliphatic rings. The second-order valence-electron chi connectivity index (χ2n) is 5.11. The van der Waals surface area contributed by atoms with Crippen LogP contribution in [0, 0.1) is 0 Å². The molecule has 3 nitrogen and oxygen atoms in total. The van der Waals surface area contributed by atoms with E-state index in [4.69, 9.17) is 4.74 Å². The molecule has 1 N–H and O–H groups in total. The molecule has 0 saturated carbocycles. The van der Waals surface area contributed by atoms with E-state index < -0.39 is 5.60 Å². The van der Waals surface area contributed by atoms with Gasteiger partial charge in [0.05, 0.1) is 18.2 Å². The first-order valence-corrected chi connectivity index (χ1v) is 5.75. The van der Waals surface area contributed by atoms with E-state index in [9.17, 15) is 5.11 Å². The predicted octanol–water partition coefficient (Wildman–Crippen LogP) is 2.50. The summed E-state index contributed by atoms with van der Waals surface area (Å²) in [6, 6.07) is 8.13. The summed E-state index contributed by atoms with van der Waals surface area (Å²) in [6.45, 7) is 3.65. The summed E-state index contributed by atoms with van der Waals surface area (Å²) >= 11 is 0. The van der Waals surface area contributed by atoms with Gasteiger partial charge >= 0.3 is 0 Å². The lowest BCUT2D eigenvalue weighted by molar-refractivity contribution is 0.0793. The van der Waals surface area contributed by atoms with Crippen LogP contribution in [0.15, 0.2) is 24.3 Å². The first kappa shape index (κ1) is 12.0. The molecule has 2 aromatic rings. The summed E-state index contributed by atoms with van der Waals surface area (Å²) in [5, 5.41) is 11.1.